The number of nitrogens with one attached hydrogen (secondary N) is 1. The van der Waals surface area contributed by atoms with Crippen molar-refractivity contribution >= 4 is 5.91 Å². The van der Waals surface area contributed by atoms with Crippen LogP contribution in [0.2, 0.25) is 0 Å². The van der Waals surface area contributed by atoms with Gasteiger partial charge in [-0.3, -0.25) is 4.79 Å². The lowest BCUT2D eigenvalue weighted by molar-refractivity contribution is -0.931. The van der Waals surface area contributed by atoms with Gasteiger partial charge < -0.3 is 10.6 Å². The van der Waals surface area contributed by atoms with Crippen molar-refractivity contribution in [2.75, 3.05) is 13.1 Å². The quantitative estimate of drug-likeness (QED) is 0.824. The first-order valence-corrected chi connectivity index (χ1v) is 10.2. The number of quaternary nitrogens is 1. The molecular weight excluding hydrogens is 340 g/mol. The smallest absolute Gasteiger partial charge is 0.220 e. The first-order valence-electron chi connectivity index (χ1n) is 10.2. The third-order valence-corrected chi connectivity index (χ3v) is 6.27. The van der Waals surface area contributed by atoms with E-state index < -0.39 is 0 Å². The monoisotopic (exact) mass is 369 g/mol. The number of likely N-dealkylation sites (tertiary alicyclic amines) is 1. The van der Waals surface area contributed by atoms with Crippen LogP contribution in [0.25, 0.3) is 0 Å². The number of piperidine rings is 1. The molecule has 1 aromatic carbocycles. The molecule has 1 aliphatic heterocycles. The zero-order valence-corrected chi connectivity index (χ0v) is 15.8. The van der Waals surface area contributed by atoms with Crippen LogP contribution in [0.1, 0.15) is 68.4 Å². The normalized spacial score (nSPS) is 25.2. The van der Waals surface area contributed by atoms with Crippen molar-refractivity contribution in [1.82, 2.24) is 20.2 Å². The van der Waals surface area contributed by atoms with Crippen LogP contribution in [0.4, 0.5) is 0 Å². The minimum absolute atomic E-state index is 0.000451. The number of primary amides is 1. The summed E-state index contributed by atoms with van der Waals surface area (Å²) in [5.41, 5.74) is 6.76. The lowest BCUT2D eigenvalue weighted by atomic mass is 9.92. The number of hydrogen-bond donors (Lipinski definition) is 2. The van der Waals surface area contributed by atoms with Crippen molar-refractivity contribution in [2.24, 2.45) is 11.7 Å². The Morgan fingerprint density at radius 3 is 2.44 bits per heavy atom. The van der Waals surface area contributed by atoms with E-state index in [1.165, 1.54) is 29.7 Å². The summed E-state index contributed by atoms with van der Waals surface area (Å²) in [6, 6.07) is 11.0. The van der Waals surface area contributed by atoms with Gasteiger partial charge in [0.15, 0.2) is 6.04 Å². The maximum Gasteiger partial charge on any atom is 0.220 e. The van der Waals surface area contributed by atoms with E-state index in [0.717, 1.165) is 44.6 Å². The van der Waals surface area contributed by atoms with Crippen LogP contribution in [0.5, 0.6) is 0 Å². The van der Waals surface area contributed by atoms with Gasteiger partial charge >= 0.3 is 0 Å². The van der Waals surface area contributed by atoms with E-state index in [2.05, 4.69) is 44.5 Å². The van der Waals surface area contributed by atoms with Crippen molar-refractivity contribution in [3.05, 3.63) is 41.7 Å². The highest BCUT2D eigenvalue weighted by atomic mass is 16.1. The third kappa shape index (κ3) is 3.88. The van der Waals surface area contributed by atoms with Crippen molar-refractivity contribution in [1.29, 1.82) is 0 Å². The van der Waals surface area contributed by atoms with Crippen molar-refractivity contribution in [2.45, 2.75) is 57.0 Å². The van der Waals surface area contributed by atoms with Gasteiger partial charge in [0.2, 0.25) is 11.7 Å². The van der Waals surface area contributed by atoms with Gasteiger partial charge in [-0.2, -0.15) is 0 Å². The number of aromatic nitrogens is 4. The second-order valence-corrected chi connectivity index (χ2v) is 7.95. The molecule has 2 aromatic rings. The third-order valence-electron chi connectivity index (χ3n) is 6.27. The highest BCUT2D eigenvalue weighted by molar-refractivity contribution is 5.76. The highest BCUT2D eigenvalue weighted by Crippen LogP contribution is 2.30. The van der Waals surface area contributed by atoms with Crippen LogP contribution < -0.4 is 10.6 Å². The van der Waals surface area contributed by atoms with E-state index in [1.54, 1.807) is 0 Å². The minimum atomic E-state index is -0.169. The molecule has 0 radical (unpaired) electrons. The first kappa shape index (κ1) is 18.1. The number of nitrogens with two attached hydrogens (primary N) is 1. The second-order valence-electron chi connectivity index (χ2n) is 7.95. The van der Waals surface area contributed by atoms with E-state index >= 15 is 0 Å². The summed E-state index contributed by atoms with van der Waals surface area (Å²) in [5.74, 6) is 0.789. The van der Waals surface area contributed by atoms with Gasteiger partial charge in [-0.1, -0.05) is 49.6 Å². The Kier molecular flexibility index (Phi) is 5.48. The molecule has 1 aromatic heterocycles. The molecule has 0 spiro atoms. The summed E-state index contributed by atoms with van der Waals surface area (Å²) in [7, 11) is 0. The molecule has 7 heteroatoms. The maximum absolute atomic E-state index is 11.6. The molecule has 7 nitrogen and oxygen atoms in total. The average molecular weight is 369 g/mol. The number of hydrogen-bond acceptors (Lipinski definition) is 4. The molecule has 27 heavy (non-hydrogen) atoms. The van der Waals surface area contributed by atoms with Crippen LogP contribution in [0.3, 0.4) is 0 Å². The van der Waals surface area contributed by atoms with Gasteiger partial charge in [0, 0.05) is 24.3 Å². The van der Waals surface area contributed by atoms with Crippen molar-refractivity contribution in [3.63, 3.8) is 0 Å². The van der Waals surface area contributed by atoms with E-state index in [0.29, 0.717) is 6.04 Å². The summed E-state index contributed by atoms with van der Waals surface area (Å²) in [4.78, 5) is 13.0. The Morgan fingerprint density at radius 2 is 1.78 bits per heavy atom. The molecule has 2 fully saturated rings. The molecule has 1 saturated heterocycles. The fourth-order valence-electron chi connectivity index (χ4n) is 4.75. The fraction of sp³-hybridized carbons (Fsp3) is 0.600. The fourth-order valence-corrected chi connectivity index (χ4v) is 4.75. The molecule has 4 rings (SSSR count). The number of tetrazole rings is 1. The topological polar surface area (TPSA) is 91.1 Å². The Hall–Kier alpha value is -2.28. The van der Waals surface area contributed by atoms with Gasteiger partial charge in [0.1, 0.15) is 0 Å². The molecule has 1 saturated carbocycles. The van der Waals surface area contributed by atoms with Crippen LogP contribution in [0.15, 0.2) is 30.3 Å². The van der Waals surface area contributed by atoms with Crippen molar-refractivity contribution in [3.8, 4) is 0 Å². The zero-order chi connectivity index (χ0) is 18.6. The SMILES string of the molecule is NC(=O)C1CC[NH+]([C@H](c2ccccc2)c2nnnn2C2CCCCC2)CC1. The number of amides is 1. The largest absolute Gasteiger partial charge is 0.369 e. The van der Waals surface area contributed by atoms with Crippen LogP contribution in [-0.4, -0.2) is 39.2 Å². The molecule has 2 heterocycles. The van der Waals surface area contributed by atoms with Gasteiger partial charge in [-0.05, 0) is 23.3 Å². The summed E-state index contributed by atoms with van der Waals surface area (Å²) in [5, 5.41) is 12.9. The Balaban J connectivity index is 1.64. The van der Waals surface area contributed by atoms with Gasteiger partial charge in [-0.25, -0.2) is 4.68 Å². The lowest BCUT2D eigenvalue weighted by Crippen LogP contribution is -3.13. The highest BCUT2D eigenvalue weighted by Gasteiger charge is 2.37. The average Bonchev–Trinajstić information content (AvgIpc) is 3.19. The summed E-state index contributed by atoms with van der Waals surface area (Å²) >= 11 is 0. The van der Waals surface area contributed by atoms with Crippen LogP contribution in [-0.2, 0) is 4.79 Å². The molecule has 144 valence electrons. The Labute approximate surface area is 159 Å². The molecule has 0 bridgehead atoms. The first-order chi connectivity index (χ1) is 13.2. The number of nitrogens with zero attached hydrogens (tertiary/aromatic N) is 4. The summed E-state index contributed by atoms with van der Waals surface area (Å²) in [6.45, 7) is 1.81. The standard InChI is InChI=1S/C20H28N6O/c21-19(27)16-11-13-25(14-12-16)18(15-7-3-1-4-8-15)20-22-23-24-26(20)17-9-5-2-6-10-17/h1,3-4,7-8,16-18H,2,5-6,9-14H2,(H2,21,27)/p+1/t18-/m1/s1. The molecule has 2 aliphatic rings. The molecule has 1 amide bonds. The molecule has 0 unspecified atom stereocenters. The van der Waals surface area contributed by atoms with E-state index in [-0.39, 0.29) is 17.9 Å². The Bertz CT molecular complexity index is 747. The van der Waals surface area contributed by atoms with Crippen molar-refractivity contribution < 1.29 is 9.69 Å². The second kappa shape index (κ2) is 8.17. The van der Waals surface area contributed by atoms with Crippen LogP contribution >= 0.6 is 0 Å². The molecule has 3 N–H and O–H groups in total. The Morgan fingerprint density at radius 1 is 1.07 bits per heavy atom. The number of carbonyl (C=O) groups is 1. The minimum Gasteiger partial charge on any atom is -0.369 e. The van der Waals surface area contributed by atoms with E-state index in [9.17, 15) is 4.79 Å². The predicted octanol–water partition coefficient (Wildman–Crippen LogP) is 1.05. The van der Waals surface area contributed by atoms with E-state index in [1.807, 2.05) is 6.07 Å². The van der Waals surface area contributed by atoms with Gasteiger partial charge in [-0.15, -0.1) is 5.10 Å². The molecule has 1 atom stereocenters. The lowest BCUT2D eigenvalue weighted by Gasteiger charge is -2.34. The summed E-state index contributed by atoms with van der Waals surface area (Å²) < 4.78 is 2.09. The molecular formula is C20H29N6O+. The number of benzene rings is 1. The summed E-state index contributed by atoms with van der Waals surface area (Å²) in [6.07, 6.45) is 7.77. The van der Waals surface area contributed by atoms with Crippen LogP contribution in [0, 0.1) is 5.92 Å². The van der Waals surface area contributed by atoms with E-state index in [4.69, 9.17) is 5.73 Å². The van der Waals surface area contributed by atoms with Gasteiger partial charge in [0.05, 0.1) is 19.1 Å². The van der Waals surface area contributed by atoms with Gasteiger partial charge in [0.25, 0.3) is 0 Å². The maximum atomic E-state index is 11.6. The number of carbonyl (C=O) groups excluding carboxylic acids is 1. The predicted molar refractivity (Wildman–Crippen MR) is 101 cm³/mol. The zero-order valence-electron chi connectivity index (χ0n) is 15.8. The number of rotatable bonds is 5. The molecule has 1 aliphatic carbocycles.